The summed E-state index contributed by atoms with van der Waals surface area (Å²) < 4.78 is 13.6. The maximum absolute atomic E-state index is 13.6. The van der Waals surface area contributed by atoms with Gasteiger partial charge in [-0.05, 0) is 26.0 Å². The predicted octanol–water partition coefficient (Wildman–Crippen LogP) is 1.70. The fourth-order valence-electron chi connectivity index (χ4n) is 1.78. The van der Waals surface area contributed by atoms with Crippen LogP contribution in [0.5, 0.6) is 0 Å². The lowest BCUT2D eigenvalue weighted by Crippen LogP contribution is -2.27. The van der Waals surface area contributed by atoms with E-state index in [0.29, 0.717) is 18.8 Å². The molecule has 0 aliphatic heterocycles. The first-order valence-electron chi connectivity index (χ1n) is 5.44. The van der Waals surface area contributed by atoms with Crippen molar-refractivity contribution in [3.05, 3.63) is 29.6 Å². The van der Waals surface area contributed by atoms with E-state index in [1.165, 1.54) is 13.0 Å². The minimum Gasteiger partial charge on any atom is -0.395 e. The van der Waals surface area contributed by atoms with Gasteiger partial charge in [-0.25, -0.2) is 4.39 Å². The molecular formula is C12H18FNO2. The van der Waals surface area contributed by atoms with Crippen molar-refractivity contribution in [1.29, 1.82) is 0 Å². The Labute approximate surface area is 95.1 Å². The third-order valence-electron chi connectivity index (χ3n) is 2.54. The monoisotopic (exact) mass is 227 g/mol. The molecule has 0 bridgehead atoms. The smallest absolute Gasteiger partial charge is 0.131 e. The summed E-state index contributed by atoms with van der Waals surface area (Å²) in [5.41, 5.74) is 0.935. The van der Waals surface area contributed by atoms with E-state index in [1.807, 2.05) is 11.8 Å². The van der Waals surface area contributed by atoms with Gasteiger partial charge >= 0.3 is 0 Å². The molecule has 0 unspecified atom stereocenters. The molecule has 0 saturated carbocycles. The maximum Gasteiger partial charge on any atom is 0.131 e. The van der Waals surface area contributed by atoms with Crippen molar-refractivity contribution >= 4 is 5.69 Å². The lowest BCUT2D eigenvalue weighted by Gasteiger charge is -2.26. The summed E-state index contributed by atoms with van der Waals surface area (Å²) in [6.45, 7) is 4.55. The fraction of sp³-hybridized carbons (Fsp3) is 0.500. The quantitative estimate of drug-likeness (QED) is 0.804. The van der Waals surface area contributed by atoms with Crippen molar-refractivity contribution in [1.82, 2.24) is 0 Å². The zero-order chi connectivity index (χ0) is 12.1. The summed E-state index contributed by atoms with van der Waals surface area (Å²) in [4.78, 5) is 1.84. The van der Waals surface area contributed by atoms with Crippen molar-refractivity contribution in [2.75, 3.05) is 24.6 Å². The van der Waals surface area contributed by atoms with Crippen molar-refractivity contribution in [2.45, 2.75) is 20.0 Å². The van der Waals surface area contributed by atoms with Crippen LogP contribution in [0.4, 0.5) is 10.1 Å². The predicted molar refractivity (Wildman–Crippen MR) is 62.0 cm³/mol. The Bertz CT molecular complexity index is 342. The van der Waals surface area contributed by atoms with Crippen LogP contribution in [0.1, 0.15) is 25.5 Å². The second-order valence-electron chi connectivity index (χ2n) is 3.65. The Balaban J connectivity index is 3.15. The van der Waals surface area contributed by atoms with Gasteiger partial charge in [0.25, 0.3) is 0 Å². The number of likely N-dealkylation sites (N-methyl/N-ethyl adjacent to an activating group) is 1. The van der Waals surface area contributed by atoms with E-state index in [2.05, 4.69) is 0 Å². The van der Waals surface area contributed by atoms with Crippen LogP contribution in [0.3, 0.4) is 0 Å². The molecule has 1 atom stereocenters. The molecule has 0 saturated heterocycles. The topological polar surface area (TPSA) is 43.7 Å². The van der Waals surface area contributed by atoms with Gasteiger partial charge < -0.3 is 15.1 Å². The number of benzene rings is 1. The number of anilines is 1. The van der Waals surface area contributed by atoms with E-state index in [-0.39, 0.29) is 12.2 Å². The minimum absolute atomic E-state index is 0.00357. The first kappa shape index (κ1) is 12.9. The van der Waals surface area contributed by atoms with Gasteiger partial charge in [-0.15, -0.1) is 0 Å². The fourth-order valence-corrected chi connectivity index (χ4v) is 1.78. The van der Waals surface area contributed by atoms with Gasteiger partial charge in [0.05, 0.1) is 12.7 Å². The summed E-state index contributed by atoms with van der Waals surface area (Å²) in [5.74, 6) is -0.413. The van der Waals surface area contributed by atoms with Crippen molar-refractivity contribution in [2.24, 2.45) is 0 Å². The van der Waals surface area contributed by atoms with Gasteiger partial charge in [-0.3, -0.25) is 0 Å². The van der Waals surface area contributed by atoms with Crippen molar-refractivity contribution in [3.63, 3.8) is 0 Å². The summed E-state index contributed by atoms with van der Waals surface area (Å²) in [6, 6.07) is 4.69. The third-order valence-corrected chi connectivity index (χ3v) is 2.54. The molecule has 3 nitrogen and oxygen atoms in total. The molecular weight excluding hydrogens is 209 g/mol. The Morgan fingerprint density at radius 2 is 2.12 bits per heavy atom. The van der Waals surface area contributed by atoms with E-state index >= 15 is 0 Å². The highest BCUT2D eigenvalue weighted by Gasteiger charge is 2.16. The van der Waals surface area contributed by atoms with Crippen molar-refractivity contribution in [3.8, 4) is 0 Å². The summed E-state index contributed by atoms with van der Waals surface area (Å²) in [6.07, 6.45) is -0.857. The summed E-state index contributed by atoms with van der Waals surface area (Å²) in [7, 11) is 0. The van der Waals surface area contributed by atoms with Gasteiger partial charge in [0.15, 0.2) is 0 Å². The number of aliphatic hydroxyl groups is 2. The normalized spacial score (nSPS) is 12.6. The number of nitrogens with zero attached hydrogens (tertiary/aromatic N) is 1. The van der Waals surface area contributed by atoms with Gasteiger partial charge in [0.1, 0.15) is 5.82 Å². The van der Waals surface area contributed by atoms with E-state index in [4.69, 9.17) is 5.11 Å². The zero-order valence-electron chi connectivity index (χ0n) is 9.65. The highest BCUT2D eigenvalue weighted by Crippen LogP contribution is 2.28. The highest BCUT2D eigenvalue weighted by molar-refractivity contribution is 5.55. The SMILES string of the molecule is CCN(CCO)c1cccc(F)c1[C@H](C)O. The van der Waals surface area contributed by atoms with Gasteiger partial charge in [0.2, 0.25) is 0 Å². The molecule has 16 heavy (non-hydrogen) atoms. The molecule has 1 rings (SSSR count). The molecule has 0 fully saturated rings. The maximum atomic E-state index is 13.6. The van der Waals surface area contributed by atoms with Crippen LogP contribution < -0.4 is 4.90 Å². The molecule has 0 aromatic heterocycles. The van der Waals surface area contributed by atoms with Crippen LogP contribution >= 0.6 is 0 Å². The summed E-state index contributed by atoms with van der Waals surface area (Å²) in [5, 5.41) is 18.5. The molecule has 90 valence electrons. The van der Waals surface area contributed by atoms with E-state index in [9.17, 15) is 9.50 Å². The number of hydrogen-bond donors (Lipinski definition) is 2. The first-order valence-corrected chi connectivity index (χ1v) is 5.44. The minimum atomic E-state index is -0.857. The van der Waals surface area contributed by atoms with E-state index in [0.717, 1.165) is 0 Å². The average molecular weight is 227 g/mol. The largest absolute Gasteiger partial charge is 0.395 e. The molecule has 1 aromatic rings. The van der Waals surface area contributed by atoms with Crippen LogP contribution in [0.15, 0.2) is 18.2 Å². The van der Waals surface area contributed by atoms with Crippen LogP contribution in [0.2, 0.25) is 0 Å². The second kappa shape index (κ2) is 5.82. The van der Waals surface area contributed by atoms with Crippen LogP contribution in [-0.4, -0.2) is 29.9 Å². The number of rotatable bonds is 5. The highest BCUT2D eigenvalue weighted by atomic mass is 19.1. The molecule has 2 N–H and O–H groups in total. The van der Waals surface area contributed by atoms with Crippen molar-refractivity contribution < 1.29 is 14.6 Å². The lowest BCUT2D eigenvalue weighted by molar-refractivity contribution is 0.194. The Hall–Kier alpha value is -1.13. The molecule has 0 heterocycles. The molecule has 0 aliphatic rings. The number of halogens is 1. The van der Waals surface area contributed by atoms with Gasteiger partial charge in [-0.1, -0.05) is 6.07 Å². The standard InChI is InChI=1S/C12H18FNO2/c1-3-14(7-8-15)11-6-4-5-10(13)12(11)9(2)16/h4-6,9,15-16H,3,7-8H2,1-2H3/t9-/m0/s1. The first-order chi connectivity index (χ1) is 7.61. The van der Waals surface area contributed by atoms with E-state index < -0.39 is 11.9 Å². The summed E-state index contributed by atoms with van der Waals surface area (Å²) >= 11 is 0. The van der Waals surface area contributed by atoms with Gasteiger partial charge in [-0.2, -0.15) is 0 Å². The van der Waals surface area contributed by atoms with E-state index in [1.54, 1.807) is 12.1 Å². The number of hydrogen-bond acceptors (Lipinski definition) is 3. The lowest BCUT2D eigenvalue weighted by atomic mass is 10.1. The molecule has 4 heteroatoms. The number of aliphatic hydroxyl groups excluding tert-OH is 2. The zero-order valence-corrected chi connectivity index (χ0v) is 9.65. The third kappa shape index (κ3) is 2.71. The van der Waals surface area contributed by atoms with Crippen LogP contribution in [0, 0.1) is 5.82 Å². The Morgan fingerprint density at radius 3 is 2.62 bits per heavy atom. The van der Waals surface area contributed by atoms with Gasteiger partial charge in [0, 0.05) is 24.3 Å². The average Bonchev–Trinajstić information content (AvgIpc) is 2.25. The van der Waals surface area contributed by atoms with Crippen LogP contribution in [-0.2, 0) is 0 Å². The molecule has 0 amide bonds. The van der Waals surface area contributed by atoms with Crippen LogP contribution in [0.25, 0.3) is 0 Å². The molecule has 0 spiro atoms. The molecule has 0 radical (unpaired) electrons. The Kier molecular flexibility index (Phi) is 4.71. The second-order valence-corrected chi connectivity index (χ2v) is 3.65. The molecule has 1 aromatic carbocycles. The molecule has 0 aliphatic carbocycles. The Morgan fingerprint density at radius 1 is 1.44 bits per heavy atom.